The summed E-state index contributed by atoms with van der Waals surface area (Å²) >= 11 is 7.03. The predicted octanol–water partition coefficient (Wildman–Crippen LogP) is 26.2. The van der Waals surface area contributed by atoms with Crippen LogP contribution in [0, 0.1) is 59.2 Å². The van der Waals surface area contributed by atoms with Crippen molar-refractivity contribution in [2.24, 2.45) is 0 Å². The molecular formula is C96H86N4O2S4. The van der Waals surface area contributed by atoms with Crippen LogP contribution in [0.1, 0.15) is 250 Å². The van der Waals surface area contributed by atoms with Crippen LogP contribution in [-0.2, 0) is 36.5 Å². The van der Waals surface area contributed by atoms with Crippen molar-refractivity contribution in [1.29, 1.82) is 21.0 Å². The molecule has 0 saturated carbocycles. The van der Waals surface area contributed by atoms with Gasteiger partial charge < -0.3 is 0 Å². The van der Waals surface area contributed by atoms with Crippen molar-refractivity contribution in [1.82, 2.24) is 0 Å². The van der Waals surface area contributed by atoms with Crippen molar-refractivity contribution < 1.29 is 9.59 Å². The number of allylic oxidation sites excluding steroid dienone is 6. The van der Waals surface area contributed by atoms with Crippen LogP contribution in [0.4, 0.5) is 0 Å². The molecule has 0 spiro atoms. The van der Waals surface area contributed by atoms with Crippen molar-refractivity contribution in [3.63, 3.8) is 0 Å². The number of aryl methyl sites for hydroxylation is 6. The molecule has 0 unspecified atom stereocenters. The molecule has 7 aromatic carbocycles. The van der Waals surface area contributed by atoms with E-state index in [9.17, 15) is 30.6 Å². The number of carbonyl (C=O) groups excluding carboxylic acids is 2. The number of rotatable bonds is 26. The van der Waals surface area contributed by atoms with E-state index < -0.39 is 10.8 Å². The first-order valence-corrected chi connectivity index (χ1v) is 41.7. The first kappa shape index (κ1) is 71.7. The molecular weight excluding hydrogens is 1370 g/mol. The lowest BCUT2D eigenvalue weighted by molar-refractivity contribution is 0.103. The monoisotopic (exact) mass is 1450 g/mol. The zero-order valence-corrected chi connectivity index (χ0v) is 64.8. The molecule has 0 bridgehead atoms. The van der Waals surface area contributed by atoms with Gasteiger partial charge in [-0.2, -0.15) is 21.0 Å². The maximum Gasteiger partial charge on any atom is 0.194 e. The maximum atomic E-state index is 14.8. The second-order valence-electron chi connectivity index (χ2n) is 29.6. The topological polar surface area (TPSA) is 129 Å². The number of carbonyl (C=O) groups is 2. The van der Waals surface area contributed by atoms with Crippen LogP contribution in [0.2, 0.25) is 0 Å². The van der Waals surface area contributed by atoms with Gasteiger partial charge >= 0.3 is 0 Å². The maximum absolute atomic E-state index is 14.8. The summed E-state index contributed by atoms with van der Waals surface area (Å²) in [6.07, 6.45) is 26.7. The Labute approximate surface area is 640 Å². The summed E-state index contributed by atoms with van der Waals surface area (Å²) in [5.41, 5.74) is 21.1. The van der Waals surface area contributed by atoms with Crippen LogP contribution >= 0.6 is 45.3 Å². The van der Waals surface area contributed by atoms with Crippen LogP contribution in [0.3, 0.4) is 0 Å². The Bertz CT molecular complexity index is 5250. The second-order valence-corrected chi connectivity index (χ2v) is 33.9. The summed E-state index contributed by atoms with van der Waals surface area (Å²) in [6, 6.07) is 68.1. The van der Waals surface area contributed by atoms with Gasteiger partial charge in [0.05, 0.1) is 20.2 Å². The van der Waals surface area contributed by atoms with Crippen LogP contribution < -0.4 is 0 Å². The molecule has 0 N–H and O–H groups in total. The van der Waals surface area contributed by atoms with E-state index in [4.69, 9.17) is 0 Å². The minimum Gasteiger partial charge on any atom is -0.289 e. The number of nitrogens with zero attached hydrogens (tertiary/aromatic N) is 4. The van der Waals surface area contributed by atoms with Crippen molar-refractivity contribution in [2.45, 2.75) is 181 Å². The Morgan fingerprint density at radius 1 is 0.358 bits per heavy atom. The molecule has 0 saturated heterocycles. The summed E-state index contributed by atoms with van der Waals surface area (Å²) in [6.45, 7) is 13.0. The summed E-state index contributed by atoms with van der Waals surface area (Å²) < 4.78 is 4.49. The number of ketones is 2. The van der Waals surface area contributed by atoms with Gasteiger partial charge in [-0.15, -0.1) is 45.3 Å². The zero-order valence-electron chi connectivity index (χ0n) is 61.5. The van der Waals surface area contributed by atoms with Crippen molar-refractivity contribution in [2.75, 3.05) is 0 Å². The quantitative estimate of drug-likeness (QED) is 0.0302. The van der Waals surface area contributed by atoms with Crippen LogP contribution in [0.15, 0.2) is 180 Å². The molecule has 6 nitrogen and oxygen atoms in total. The zero-order chi connectivity index (χ0) is 73.4. The standard InChI is InChI=1S/C96H86N4O2S4/c1-7-11-15-19-23-61-29-37-67(38-30-61)95(68-39-31-62(32-40-68)24-20-16-12-8-2)81-54-78-82(53-77(81)91-87(95)93-83(105-91)51-71(103-93)49-79-85(65(55-97)56-98)73-45-27-60(6)48-76(73)90(79)102)96(69-41-33-63(34-42-69)25-21-17-13-9-3,70-43-35-64(36-44-70)26-22-18-14-10-4)88-92(78)106-84-52-72(104-94(84)88)50-80-86(66(57-99)58-100)75-47-59(5)28-46-74(75)89(80)101/h27-54H,7-26H2,1-6H3. The number of hydrogen-bond donors (Lipinski definition) is 0. The van der Waals surface area contributed by atoms with Crippen molar-refractivity contribution in [3.05, 3.63) is 290 Å². The molecule has 4 heterocycles. The lowest BCUT2D eigenvalue weighted by Gasteiger charge is -2.36. The molecule has 0 aliphatic heterocycles. The third-order valence-corrected chi connectivity index (χ3v) is 27.5. The molecule has 10 heteroatoms. The Morgan fingerprint density at radius 3 is 1.04 bits per heavy atom. The normalized spacial score (nSPS) is 14.8. The van der Waals surface area contributed by atoms with E-state index in [1.807, 2.05) is 85.1 Å². The highest BCUT2D eigenvalue weighted by Gasteiger charge is 2.55. The minimum atomic E-state index is -0.843. The van der Waals surface area contributed by atoms with E-state index in [1.54, 1.807) is 22.7 Å². The average molecular weight is 1460 g/mol. The van der Waals surface area contributed by atoms with E-state index >= 15 is 0 Å². The van der Waals surface area contributed by atoms with E-state index in [1.165, 1.54) is 165 Å². The summed E-state index contributed by atoms with van der Waals surface area (Å²) in [5, 5.41) is 42.0. The molecule has 11 aromatic rings. The Balaban J connectivity index is 1.01. The number of Topliss-reactive ketones (excluding diaryl/α,β-unsaturated/α-hetero) is 2. The Kier molecular flexibility index (Phi) is 20.7. The molecule has 4 aliphatic carbocycles. The van der Waals surface area contributed by atoms with Crippen molar-refractivity contribution in [3.8, 4) is 45.2 Å². The van der Waals surface area contributed by atoms with Crippen LogP contribution in [-0.4, -0.2) is 11.6 Å². The second kappa shape index (κ2) is 30.5. The van der Waals surface area contributed by atoms with Gasteiger partial charge in [0.2, 0.25) is 0 Å². The first-order valence-electron chi connectivity index (χ1n) is 38.4. The first-order chi connectivity index (χ1) is 51.8. The molecule has 526 valence electrons. The average Bonchev–Trinajstić information content (AvgIpc) is 1.49. The highest BCUT2D eigenvalue weighted by atomic mass is 32.1. The lowest BCUT2D eigenvalue weighted by atomic mass is 9.65. The fourth-order valence-electron chi connectivity index (χ4n) is 17.4. The van der Waals surface area contributed by atoms with Gasteiger partial charge in [0, 0.05) is 73.5 Å². The van der Waals surface area contributed by atoms with Gasteiger partial charge in [-0.05, 0) is 186 Å². The molecule has 15 rings (SSSR count). The summed E-state index contributed by atoms with van der Waals surface area (Å²) in [7, 11) is 0. The molecule has 0 fully saturated rings. The fraction of sp³-hybridized carbons (Fsp3) is 0.292. The van der Waals surface area contributed by atoms with Crippen LogP contribution in [0.5, 0.6) is 0 Å². The van der Waals surface area contributed by atoms with Gasteiger partial charge in [0.1, 0.15) is 35.4 Å². The van der Waals surface area contributed by atoms with Crippen LogP contribution in [0.25, 0.3) is 63.0 Å². The van der Waals surface area contributed by atoms with Crippen molar-refractivity contribution >= 4 is 99.0 Å². The molecule has 4 aromatic heterocycles. The largest absolute Gasteiger partial charge is 0.289 e. The van der Waals surface area contributed by atoms with E-state index in [0.717, 1.165) is 91.0 Å². The Morgan fingerprint density at radius 2 is 0.689 bits per heavy atom. The summed E-state index contributed by atoms with van der Waals surface area (Å²) in [4.78, 5) is 33.8. The fourth-order valence-corrected chi connectivity index (χ4v) is 22.9. The summed E-state index contributed by atoms with van der Waals surface area (Å²) in [5.74, 6) is -0.377. The molecule has 0 atom stereocenters. The number of nitriles is 4. The number of fused-ring (bicyclic) bond motifs is 12. The number of benzene rings is 7. The third kappa shape index (κ3) is 12.4. The highest BCUT2D eigenvalue weighted by Crippen LogP contribution is 2.68. The lowest BCUT2D eigenvalue weighted by Crippen LogP contribution is -2.30. The van der Waals surface area contributed by atoms with Gasteiger partial charge in [0.25, 0.3) is 0 Å². The van der Waals surface area contributed by atoms with E-state index in [2.05, 4.69) is 173 Å². The van der Waals surface area contributed by atoms with Gasteiger partial charge in [0.15, 0.2) is 11.6 Å². The third-order valence-electron chi connectivity index (χ3n) is 22.7. The number of thiophene rings is 4. The SMILES string of the molecule is CCCCCCc1ccc(C2(c3ccc(CCCCCC)cc3)c3cc4c(cc3-c3sc5cc(C=C6C(=O)c7cc(C)ccc7C6=C(C#N)C#N)sc5c32)C(c2ccc(CCCCCC)cc2)(c2ccc(CCCCCC)cc2)c2c-4sc3cc(C=C4C(=O)c5ccc(C)cc5C4=C(C#N)C#N)sc23)cc1. The Hall–Kier alpha value is -9.88. The van der Waals surface area contributed by atoms with E-state index in [-0.39, 0.29) is 22.7 Å². The molecule has 4 aliphatic rings. The van der Waals surface area contributed by atoms with Gasteiger partial charge in [-0.3, -0.25) is 9.59 Å². The predicted molar refractivity (Wildman–Crippen MR) is 442 cm³/mol. The minimum absolute atomic E-state index is 0.0762. The highest BCUT2D eigenvalue weighted by molar-refractivity contribution is 7.31. The smallest absolute Gasteiger partial charge is 0.194 e. The number of unbranched alkanes of at least 4 members (excludes halogenated alkanes) is 12. The van der Waals surface area contributed by atoms with Gasteiger partial charge in [-0.1, -0.05) is 243 Å². The van der Waals surface area contributed by atoms with Gasteiger partial charge in [-0.25, -0.2) is 0 Å². The molecule has 106 heavy (non-hydrogen) atoms. The molecule has 0 radical (unpaired) electrons. The number of hydrogen-bond acceptors (Lipinski definition) is 10. The van der Waals surface area contributed by atoms with E-state index in [0.29, 0.717) is 44.5 Å². The molecule has 0 amide bonds.